The summed E-state index contributed by atoms with van der Waals surface area (Å²) in [6.45, 7) is 8.28. The molecule has 1 aromatic carbocycles. The number of aryl methyl sites for hydroxylation is 1. The van der Waals surface area contributed by atoms with Crippen molar-refractivity contribution < 1.29 is 0 Å². The molecule has 0 heteroatoms. The maximum absolute atomic E-state index is 2.18. The molecule has 1 rings (SSSR count). The Morgan fingerprint density at radius 3 is 2.31 bits per heavy atom. The maximum Gasteiger partial charge on any atom is -0.0231 e. The topological polar surface area (TPSA) is 0 Å². The molecule has 0 nitrogen and oxygen atoms in total. The first-order valence-electron chi connectivity index (χ1n) is 5.06. The Morgan fingerprint density at radius 1 is 1.15 bits per heavy atom. The highest BCUT2D eigenvalue weighted by Gasteiger charge is 1.88. The van der Waals surface area contributed by atoms with Crippen molar-refractivity contribution >= 4 is 6.08 Å². The van der Waals surface area contributed by atoms with E-state index in [1.165, 1.54) is 11.1 Å². The number of allylic oxidation sites excluding steroid dienone is 1. The second-order valence-electron chi connectivity index (χ2n) is 2.67. The van der Waals surface area contributed by atoms with Crippen molar-refractivity contribution in [3.63, 3.8) is 0 Å². The Hall–Kier alpha value is -1.04. The molecule has 1 aromatic rings. The molecule has 0 bridgehead atoms. The molecular formula is C13H20. The molecule has 72 valence electrons. The molecule has 0 radical (unpaired) electrons. The van der Waals surface area contributed by atoms with Crippen molar-refractivity contribution in [2.24, 2.45) is 0 Å². The molecule has 0 aliphatic carbocycles. The second kappa shape index (κ2) is 7.60. The van der Waals surface area contributed by atoms with Crippen LogP contribution >= 0.6 is 0 Å². The molecule has 0 spiro atoms. The van der Waals surface area contributed by atoms with E-state index in [9.17, 15) is 0 Å². The molecule has 0 heterocycles. The minimum atomic E-state index is 1.11. The van der Waals surface area contributed by atoms with Gasteiger partial charge in [-0.2, -0.15) is 0 Å². The van der Waals surface area contributed by atoms with Crippen molar-refractivity contribution in [3.05, 3.63) is 41.5 Å². The molecule has 13 heavy (non-hydrogen) atoms. The van der Waals surface area contributed by atoms with Crippen LogP contribution in [0.4, 0.5) is 0 Å². The molecule has 0 atom stereocenters. The van der Waals surface area contributed by atoms with Gasteiger partial charge in [0.1, 0.15) is 0 Å². The van der Waals surface area contributed by atoms with Crippen LogP contribution in [0.3, 0.4) is 0 Å². The lowest BCUT2D eigenvalue weighted by Crippen LogP contribution is -1.76. The minimum Gasteiger partial charge on any atom is -0.0842 e. The number of benzene rings is 1. The average Bonchev–Trinajstić information content (AvgIpc) is 2.20. The largest absolute Gasteiger partial charge is 0.0842 e. The first-order valence-corrected chi connectivity index (χ1v) is 5.06. The fourth-order valence-electron chi connectivity index (χ4n) is 1.02. The molecule has 0 aliphatic rings. The lowest BCUT2D eigenvalue weighted by molar-refractivity contribution is 1.23. The van der Waals surface area contributed by atoms with Gasteiger partial charge in [0.25, 0.3) is 0 Å². The summed E-state index contributed by atoms with van der Waals surface area (Å²) < 4.78 is 0. The fourth-order valence-corrected chi connectivity index (χ4v) is 1.02. The van der Waals surface area contributed by atoms with Crippen molar-refractivity contribution in [3.8, 4) is 0 Å². The van der Waals surface area contributed by atoms with Crippen molar-refractivity contribution in [1.29, 1.82) is 0 Å². The summed E-state index contributed by atoms with van der Waals surface area (Å²) in [5, 5.41) is 0. The Bertz CT molecular complexity index is 246. The van der Waals surface area contributed by atoms with E-state index in [-0.39, 0.29) is 0 Å². The molecule has 0 saturated carbocycles. The first kappa shape index (κ1) is 12.0. The van der Waals surface area contributed by atoms with E-state index in [1.807, 2.05) is 13.8 Å². The normalized spacial score (nSPS) is 9.54. The van der Waals surface area contributed by atoms with Crippen molar-refractivity contribution in [2.75, 3.05) is 0 Å². The third kappa shape index (κ3) is 4.51. The summed E-state index contributed by atoms with van der Waals surface area (Å²) in [4.78, 5) is 0. The lowest BCUT2D eigenvalue weighted by atomic mass is 10.1. The third-order valence-corrected chi connectivity index (χ3v) is 1.72. The van der Waals surface area contributed by atoms with Crippen molar-refractivity contribution in [1.82, 2.24) is 0 Å². The summed E-state index contributed by atoms with van der Waals surface area (Å²) in [6.07, 6.45) is 5.46. The zero-order chi connectivity index (χ0) is 10.1. The molecule has 0 aliphatic heterocycles. The molecular weight excluding hydrogens is 156 g/mol. The molecule has 0 unspecified atom stereocenters. The third-order valence-electron chi connectivity index (χ3n) is 1.72. The Balaban J connectivity index is 0.000000671. The first-order chi connectivity index (χ1) is 6.34. The van der Waals surface area contributed by atoms with Crippen LogP contribution < -0.4 is 0 Å². The van der Waals surface area contributed by atoms with Gasteiger partial charge in [-0.3, -0.25) is 0 Å². The van der Waals surface area contributed by atoms with Gasteiger partial charge >= 0.3 is 0 Å². The molecule has 0 N–H and O–H groups in total. The second-order valence-corrected chi connectivity index (χ2v) is 2.67. The van der Waals surface area contributed by atoms with Gasteiger partial charge in [0, 0.05) is 0 Å². The van der Waals surface area contributed by atoms with E-state index in [4.69, 9.17) is 0 Å². The summed E-state index contributed by atoms with van der Waals surface area (Å²) in [6, 6.07) is 8.41. The lowest BCUT2D eigenvalue weighted by Gasteiger charge is -1.96. The van der Waals surface area contributed by atoms with Gasteiger partial charge in [0.2, 0.25) is 0 Å². The summed E-state index contributed by atoms with van der Waals surface area (Å²) in [5.74, 6) is 0. The van der Waals surface area contributed by atoms with Crippen LogP contribution in [0.15, 0.2) is 30.3 Å². The average molecular weight is 176 g/mol. The molecule has 0 fully saturated rings. The van der Waals surface area contributed by atoms with Gasteiger partial charge in [-0.15, -0.1) is 0 Å². The quantitative estimate of drug-likeness (QED) is 0.624. The Morgan fingerprint density at radius 2 is 1.77 bits per heavy atom. The van der Waals surface area contributed by atoms with Crippen LogP contribution in [0, 0.1) is 6.92 Å². The molecule has 0 aromatic heterocycles. The van der Waals surface area contributed by atoms with Gasteiger partial charge in [-0.1, -0.05) is 57.2 Å². The van der Waals surface area contributed by atoms with E-state index in [2.05, 4.69) is 50.3 Å². The Kier molecular flexibility index (Phi) is 6.99. The maximum atomic E-state index is 2.18. The summed E-state index contributed by atoms with van der Waals surface area (Å²) in [5.41, 5.74) is 2.67. The SMILES string of the molecule is CC.CC/C=C\c1ccccc1C. The molecule has 0 amide bonds. The number of rotatable bonds is 2. The minimum absolute atomic E-state index is 1.11. The van der Waals surface area contributed by atoms with E-state index < -0.39 is 0 Å². The smallest absolute Gasteiger partial charge is 0.0231 e. The van der Waals surface area contributed by atoms with Crippen LogP contribution in [0.5, 0.6) is 0 Å². The predicted octanol–water partition coefficient (Wildman–Crippen LogP) is 4.44. The van der Waals surface area contributed by atoms with Gasteiger partial charge in [0.05, 0.1) is 0 Å². The Labute approximate surface area is 82.3 Å². The van der Waals surface area contributed by atoms with Crippen molar-refractivity contribution in [2.45, 2.75) is 34.1 Å². The monoisotopic (exact) mass is 176 g/mol. The van der Waals surface area contributed by atoms with Gasteiger partial charge in [-0.25, -0.2) is 0 Å². The van der Waals surface area contributed by atoms with E-state index in [0.29, 0.717) is 0 Å². The van der Waals surface area contributed by atoms with E-state index >= 15 is 0 Å². The standard InChI is InChI=1S/C11H14.C2H6/c1-3-4-8-11-9-6-5-7-10(11)2;1-2/h4-9H,3H2,1-2H3;1-2H3/b8-4-;. The molecule has 0 saturated heterocycles. The zero-order valence-electron chi connectivity index (χ0n) is 9.17. The zero-order valence-corrected chi connectivity index (χ0v) is 9.17. The van der Waals surface area contributed by atoms with Crippen LogP contribution in [0.1, 0.15) is 38.3 Å². The van der Waals surface area contributed by atoms with Gasteiger partial charge < -0.3 is 0 Å². The highest BCUT2D eigenvalue weighted by Crippen LogP contribution is 2.08. The van der Waals surface area contributed by atoms with Crippen LogP contribution in [0.2, 0.25) is 0 Å². The van der Waals surface area contributed by atoms with Crippen LogP contribution in [-0.2, 0) is 0 Å². The summed E-state index contributed by atoms with van der Waals surface area (Å²) >= 11 is 0. The number of hydrogen-bond acceptors (Lipinski definition) is 0. The van der Waals surface area contributed by atoms with Gasteiger partial charge in [0.15, 0.2) is 0 Å². The van der Waals surface area contributed by atoms with Crippen LogP contribution in [0.25, 0.3) is 6.08 Å². The highest BCUT2D eigenvalue weighted by molar-refractivity contribution is 5.52. The van der Waals surface area contributed by atoms with Crippen LogP contribution in [-0.4, -0.2) is 0 Å². The van der Waals surface area contributed by atoms with E-state index in [0.717, 1.165) is 6.42 Å². The van der Waals surface area contributed by atoms with E-state index in [1.54, 1.807) is 0 Å². The van der Waals surface area contributed by atoms with Gasteiger partial charge in [-0.05, 0) is 24.5 Å². The predicted molar refractivity (Wildman–Crippen MR) is 61.9 cm³/mol. The summed E-state index contributed by atoms with van der Waals surface area (Å²) in [7, 11) is 0. The number of hydrogen-bond donors (Lipinski definition) is 0. The highest BCUT2D eigenvalue weighted by atomic mass is 13.9. The fraction of sp³-hybridized carbons (Fsp3) is 0.385.